The zero-order valence-electron chi connectivity index (χ0n) is 6.84. The maximum atomic E-state index is 10.8. The summed E-state index contributed by atoms with van der Waals surface area (Å²) in [6.45, 7) is 2.59. The summed E-state index contributed by atoms with van der Waals surface area (Å²) >= 11 is 0. The van der Waals surface area contributed by atoms with Gasteiger partial charge in [0.25, 0.3) is 0 Å². The third-order valence-electron chi connectivity index (χ3n) is 1.26. The van der Waals surface area contributed by atoms with E-state index in [9.17, 15) is 4.79 Å². The molecule has 0 rings (SSSR count). The second kappa shape index (κ2) is 6.12. The van der Waals surface area contributed by atoms with Crippen LogP contribution in [0.5, 0.6) is 0 Å². The van der Waals surface area contributed by atoms with Crippen LogP contribution in [0.3, 0.4) is 0 Å². The minimum atomic E-state index is -0.354. The summed E-state index contributed by atoms with van der Waals surface area (Å²) in [6, 6.07) is 0. The average molecular weight is 160 g/mol. The lowest BCUT2D eigenvalue weighted by Crippen LogP contribution is -2.28. The van der Waals surface area contributed by atoms with Crippen molar-refractivity contribution < 1.29 is 9.90 Å². The maximum Gasteiger partial charge on any atom is 0.221 e. The molecule has 0 aromatic carbocycles. The Hall–Kier alpha value is -0.610. The van der Waals surface area contributed by atoms with E-state index in [2.05, 4.69) is 5.32 Å². The van der Waals surface area contributed by atoms with Crippen LogP contribution in [0, 0.1) is 0 Å². The number of hydrogen-bond donors (Lipinski definition) is 3. The standard InChI is InChI=1S/C7H16N2O2/c1-6(10)3-5-9-7(11)2-4-8/h6,10H,2-5,8H2,1H3,(H,9,11). The van der Waals surface area contributed by atoms with Crippen molar-refractivity contribution in [2.45, 2.75) is 25.9 Å². The fourth-order valence-electron chi connectivity index (χ4n) is 0.640. The lowest BCUT2D eigenvalue weighted by molar-refractivity contribution is -0.120. The van der Waals surface area contributed by atoms with Crippen molar-refractivity contribution in [2.24, 2.45) is 5.73 Å². The molecule has 1 amide bonds. The van der Waals surface area contributed by atoms with E-state index >= 15 is 0 Å². The van der Waals surface area contributed by atoms with Crippen LogP contribution in [-0.2, 0) is 4.79 Å². The smallest absolute Gasteiger partial charge is 0.221 e. The van der Waals surface area contributed by atoms with E-state index in [4.69, 9.17) is 10.8 Å². The summed E-state index contributed by atoms with van der Waals surface area (Å²) in [7, 11) is 0. The van der Waals surface area contributed by atoms with Gasteiger partial charge in [-0.2, -0.15) is 0 Å². The van der Waals surface area contributed by atoms with Gasteiger partial charge in [-0.1, -0.05) is 0 Å². The summed E-state index contributed by atoms with van der Waals surface area (Å²) in [5.41, 5.74) is 5.15. The van der Waals surface area contributed by atoms with Gasteiger partial charge in [0, 0.05) is 19.5 Å². The molecule has 4 N–H and O–H groups in total. The Morgan fingerprint density at radius 1 is 1.73 bits per heavy atom. The van der Waals surface area contributed by atoms with E-state index in [1.165, 1.54) is 0 Å². The number of hydrogen-bond acceptors (Lipinski definition) is 3. The van der Waals surface area contributed by atoms with E-state index in [0.29, 0.717) is 25.9 Å². The van der Waals surface area contributed by atoms with Crippen molar-refractivity contribution in [1.82, 2.24) is 5.32 Å². The Morgan fingerprint density at radius 2 is 2.36 bits per heavy atom. The Bertz CT molecular complexity index is 115. The Labute approximate surface area is 66.8 Å². The van der Waals surface area contributed by atoms with Gasteiger partial charge < -0.3 is 16.2 Å². The Morgan fingerprint density at radius 3 is 2.82 bits per heavy atom. The summed E-state index contributed by atoms with van der Waals surface area (Å²) < 4.78 is 0. The highest BCUT2D eigenvalue weighted by Gasteiger charge is 1.99. The van der Waals surface area contributed by atoms with Crippen LogP contribution in [0.25, 0.3) is 0 Å². The van der Waals surface area contributed by atoms with Gasteiger partial charge in [0.2, 0.25) is 5.91 Å². The Balaban J connectivity index is 3.17. The summed E-state index contributed by atoms with van der Waals surface area (Å²) in [4.78, 5) is 10.8. The number of aliphatic hydroxyl groups is 1. The molecule has 0 saturated heterocycles. The molecule has 0 fully saturated rings. The molecular formula is C7H16N2O2. The van der Waals surface area contributed by atoms with E-state index in [1.807, 2.05) is 0 Å². The number of carbonyl (C=O) groups is 1. The normalized spacial score (nSPS) is 12.6. The van der Waals surface area contributed by atoms with Crippen LogP contribution in [0.15, 0.2) is 0 Å². The molecular weight excluding hydrogens is 144 g/mol. The molecule has 1 atom stereocenters. The van der Waals surface area contributed by atoms with Crippen molar-refractivity contribution in [2.75, 3.05) is 13.1 Å². The van der Waals surface area contributed by atoms with Crippen LogP contribution < -0.4 is 11.1 Å². The quantitative estimate of drug-likeness (QED) is 0.494. The number of carbonyl (C=O) groups excluding carboxylic acids is 1. The number of rotatable bonds is 5. The molecule has 0 heterocycles. The molecule has 0 bridgehead atoms. The lowest BCUT2D eigenvalue weighted by atomic mass is 10.3. The average Bonchev–Trinajstić information content (AvgIpc) is 1.87. The first-order chi connectivity index (χ1) is 5.16. The molecule has 0 aliphatic heterocycles. The highest BCUT2D eigenvalue weighted by Crippen LogP contribution is 1.86. The van der Waals surface area contributed by atoms with Crippen molar-refractivity contribution in [3.05, 3.63) is 0 Å². The van der Waals surface area contributed by atoms with Crippen LogP contribution in [0.2, 0.25) is 0 Å². The first-order valence-corrected chi connectivity index (χ1v) is 3.81. The monoisotopic (exact) mass is 160 g/mol. The summed E-state index contributed by atoms with van der Waals surface area (Å²) in [5.74, 6) is -0.0480. The van der Waals surface area contributed by atoms with Gasteiger partial charge in [-0.05, 0) is 13.3 Å². The van der Waals surface area contributed by atoms with Gasteiger partial charge in [0.05, 0.1) is 6.10 Å². The third kappa shape index (κ3) is 7.29. The van der Waals surface area contributed by atoms with Gasteiger partial charge in [-0.3, -0.25) is 4.79 Å². The zero-order valence-corrected chi connectivity index (χ0v) is 6.84. The highest BCUT2D eigenvalue weighted by atomic mass is 16.3. The molecule has 0 spiro atoms. The third-order valence-corrected chi connectivity index (χ3v) is 1.26. The molecule has 0 radical (unpaired) electrons. The zero-order chi connectivity index (χ0) is 8.69. The molecule has 11 heavy (non-hydrogen) atoms. The van der Waals surface area contributed by atoms with E-state index in [1.54, 1.807) is 6.92 Å². The lowest BCUT2D eigenvalue weighted by Gasteiger charge is -2.05. The predicted molar refractivity (Wildman–Crippen MR) is 43.0 cm³/mol. The number of nitrogens with two attached hydrogens (primary N) is 1. The predicted octanol–water partition coefficient (Wildman–Crippen LogP) is -0.778. The van der Waals surface area contributed by atoms with Crippen molar-refractivity contribution >= 4 is 5.91 Å². The maximum absolute atomic E-state index is 10.8. The second-order valence-corrected chi connectivity index (χ2v) is 2.53. The fraction of sp³-hybridized carbons (Fsp3) is 0.857. The minimum Gasteiger partial charge on any atom is -0.393 e. The molecule has 0 aromatic heterocycles. The second-order valence-electron chi connectivity index (χ2n) is 2.53. The first-order valence-electron chi connectivity index (χ1n) is 3.81. The van der Waals surface area contributed by atoms with Gasteiger partial charge >= 0.3 is 0 Å². The van der Waals surface area contributed by atoms with Gasteiger partial charge in [-0.15, -0.1) is 0 Å². The molecule has 0 saturated carbocycles. The van der Waals surface area contributed by atoms with Crippen LogP contribution in [0.4, 0.5) is 0 Å². The Kier molecular flexibility index (Phi) is 5.78. The van der Waals surface area contributed by atoms with Gasteiger partial charge in [0.15, 0.2) is 0 Å². The molecule has 1 unspecified atom stereocenters. The van der Waals surface area contributed by atoms with Gasteiger partial charge in [0.1, 0.15) is 0 Å². The van der Waals surface area contributed by atoms with Crippen LogP contribution in [-0.4, -0.2) is 30.2 Å². The summed E-state index contributed by atoms with van der Waals surface area (Å²) in [5, 5.41) is 11.5. The van der Waals surface area contributed by atoms with Crippen LogP contribution >= 0.6 is 0 Å². The van der Waals surface area contributed by atoms with Crippen molar-refractivity contribution in [3.63, 3.8) is 0 Å². The van der Waals surface area contributed by atoms with E-state index in [-0.39, 0.29) is 12.0 Å². The number of aliphatic hydroxyl groups excluding tert-OH is 1. The topological polar surface area (TPSA) is 75.3 Å². The number of amides is 1. The molecule has 0 aliphatic rings. The highest BCUT2D eigenvalue weighted by molar-refractivity contribution is 5.75. The molecule has 4 nitrogen and oxygen atoms in total. The summed E-state index contributed by atoms with van der Waals surface area (Å²) in [6.07, 6.45) is 0.601. The minimum absolute atomic E-state index is 0.0480. The van der Waals surface area contributed by atoms with Crippen LogP contribution in [0.1, 0.15) is 19.8 Å². The largest absolute Gasteiger partial charge is 0.393 e. The molecule has 66 valence electrons. The van der Waals surface area contributed by atoms with Gasteiger partial charge in [-0.25, -0.2) is 0 Å². The van der Waals surface area contributed by atoms with E-state index in [0.717, 1.165) is 0 Å². The first kappa shape index (κ1) is 10.4. The number of nitrogens with one attached hydrogen (secondary N) is 1. The SMILES string of the molecule is CC(O)CCNC(=O)CCN. The fourth-order valence-corrected chi connectivity index (χ4v) is 0.640. The molecule has 4 heteroatoms. The van der Waals surface area contributed by atoms with Crippen molar-refractivity contribution in [3.8, 4) is 0 Å². The van der Waals surface area contributed by atoms with E-state index < -0.39 is 0 Å². The van der Waals surface area contributed by atoms with Crippen molar-refractivity contribution in [1.29, 1.82) is 0 Å². The molecule has 0 aliphatic carbocycles. The molecule has 0 aromatic rings.